The molecule has 0 bridgehead atoms. The molecule has 0 aliphatic carbocycles. The maximum atomic E-state index is 13.2. The number of rotatable bonds is 5. The minimum atomic E-state index is -0.269. The Morgan fingerprint density at radius 3 is 2.82 bits per heavy atom. The summed E-state index contributed by atoms with van der Waals surface area (Å²) in [5.41, 5.74) is 2.92. The highest BCUT2D eigenvalue weighted by atomic mass is 32.1. The van der Waals surface area contributed by atoms with Gasteiger partial charge in [0.15, 0.2) is 0 Å². The van der Waals surface area contributed by atoms with Gasteiger partial charge in [-0.05, 0) is 6.07 Å². The Balaban J connectivity index is 1.85. The Bertz CT molecular complexity index is 491. The van der Waals surface area contributed by atoms with Gasteiger partial charge in [-0.2, -0.15) is 0 Å². The summed E-state index contributed by atoms with van der Waals surface area (Å²) < 4.78 is 18.6. The van der Waals surface area contributed by atoms with Crippen molar-refractivity contribution in [2.75, 3.05) is 5.43 Å². The fourth-order valence-corrected chi connectivity index (χ4v) is 1.82. The van der Waals surface area contributed by atoms with Crippen molar-refractivity contribution in [1.29, 1.82) is 0 Å². The number of benzene rings is 1. The molecule has 2 rings (SSSR count). The Morgan fingerprint density at radius 2 is 2.12 bits per heavy atom. The number of nitrogens with zero attached hydrogens (tertiary/aromatic N) is 2. The monoisotopic (exact) mass is 254 g/mol. The molecule has 90 valence electrons. The van der Waals surface area contributed by atoms with E-state index in [1.807, 2.05) is 0 Å². The van der Waals surface area contributed by atoms with Gasteiger partial charge in [0, 0.05) is 5.56 Å². The second-order valence-corrected chi connectivity index (χ2v) is 4.29. The molecule has 0 fully saturated rings. The summed E-state index contributed by atoms with van der Waals surface area (Å²) in [6.45, 7) is 0.491. The summed E-state index contributed by atoms with van der Waals surface area (Å²) in [6, 6.07) is 6.49. The van der Waals surface area contributed by atoms with Crippen LogP contribution in [0.1, 0.15) is 10.6 Å². The summed E-state index contributed by atoms with van der Waals surface area (Å²) >= 11 is 1.30. The molecule has 1 heterocycles. The number of nitrogens with two attached hydrogens (primary N) is 1. The molecule has 5 nitrogen and oxygen atoms in total. The second-order valence-electron chi connectivity index (χ2n) is 3.23. The average Bonchev–Trinajstić information content (AvgIpc) is 2.80. The molecule has 0 atom stereocenters. The van der Waals surface area contributed by atoms with E-state index in [-0.39, 0.29) is 19.0 Å². The maximum absolute atomic E-state index is 13.2. The van der Waals surface area contributed by atoms with Gasteiger partial charge in [-0.25, -0.2) is 10.2 Å². The molecule has 17 heavy (non-hydrogen) atoms. The fraction of sp³-hybridized carbons (Fsp3) is 0.200. The zero-order chi connectivity index (χ0) is 12.1. The van der Waals surface area contributed by atoms with Gasteiger partial charge >= 0.3 is 0 Å². The summed E-state index contributed by atoms with van der Waals surface area (Å²) in [7, 11) is 0. The lowest BCUT2D eigenvalue weighted by atomic mass is 10.2. The summed E-state index contributed by atoms with van der Waals surface area (Å²) in [4.78, 5) is 0. The van der Waals surface area contributed by atoms with Crippen molar-refractivity contribution in [2.24, 2.45) is 5.84 Å². The summed E-state index contributed by atoms with van der Waals surface area (Å²) in [6.07, 6.45) is 0. The van der Waals surface area contributed by atoms with Gasteiger partial charge in [0.1, 0.15) is 17.4 Å². The molecule has 3 N–H and O–H groups in total. The smallest absolute Gasteiger partial charge is 0.219 e. The molecule has 0 saturated carbocycles. The highest BCUT2D eigenvalue weighted by Crippen LogP contribution is 2.15. The van der Waals surface area contributed by atoms with Crippen LogP contribution in [-0.2, 0) is 18.0 Å². The number of aromatic nitrogens is 2. The van der Waals surface area contributed by atoms with E-state index in [1.54, 1.807) is 18.2 Å². The van der Waals surface area contributed by atoms with E-state index >= 15 is 0 Å². The van der Waals surface area contributed by atoms with E-state index in [0.717, 1.165) is 0 Å². The number of nitrogen functional groups attached to an aromatic ring is 1. The van der Waals surface area contributed by atoms with Crippen molar-refractivity contribution >= 4 is 16.5 Å². The first-order valence-electron chi connectivity index (χ1n) is 4.89. The van der Waals surface area contributed by atoms with Crippen LogP contribution in [0.2, 0.25) is 0 Å². The molecule has 7 heteroatoms. The van der Waals surface area contributed by atoms with Gasteiger partial charge in [0.05, 0.1) is 6.61 Å². The van der Waals surface area contributed by atoms with Crippen LogP contribution in [0.4, 0.5) is 9.52 Å². The predicted octanol–water partition coefficient (Wildman–Crippen LogP) is 1.68. The number of halogens is 1. The van der Waals surface area contributed by atoms with Crippen molar-refractivity contribution in [3.8, 4) is 0 Å². The molecule has 0 saturated heterocycles. The molecular weight excluding hydrogens is 243 g/mol. The van der Waals surface area contributed by atoms with E-state index in [0.29, 0.717) is 15.7 Å². The van der Waals surface area contributed by atoms with Gasteiger partial charge in [-0.3, -0.25) is 5.43 Å². The Labute approximate surface area is 101 Å². The summed E-state index contributed by atoms with van der Waals surface area (Å²) in [5.74, 6) is 4.90. The quantitative estimate of drug-likeness (QED) is 0.627. The molecule has 2 aromatic rings. The number of ether oxygens (including phenoxy) is 1. The first-order valence-corrected chi connectivity index (χ1v) is 5.71. The van der Waals surface area contributed by atoms with Crippen LogP contribution in [0.5, 0.6) is 0 Å². The molecule has 0 spiro atoms. The van der Waals surface area contributed by atoms with Crippen molar-refractivity contribution in [1.82, 2.24) is 10.2 Å². The lowest BCUT2D eigenvalue weighted by Crippen LogP contribution is -2.05. The lowest BCUT2D eigenvalue weighted by Gasteiger charge is -2.02. The maximum Gasteiger partial charge on any atom is 0.219 e. The van der Waals surface area contributed by atoms with Crippen LogP contribution in [0.25, 0.3) is 0 Å². The van der Waals surface area contributed by atoms with Gasteiger partial charge in [0.2, 0.25) is 5.13 Å². The Kier molecular flexibility index (Phi) is 3.97. The molecule has 0 amide bonds. The largest absolute Gasteiger partial charge is 0.369 e. The van der Waals surface area contributed by atoms with Crippen LogP contribution in [0, 0.1) is 5.82 Å². The van der Waals surface area contributed by atoms with E-state index in [4.69, 9.17) is 10.6 Å². The highest BCUT2D eigenvalue weighted by molar-refractivity contribution is 7.15. The predicted molar refractivity (Wildman–Crippen MR) is 62.6 cm³/mol. The first-order chi connectivity index (χ1) is 8.29. The minimum Gasteiger partial charge on any atom is -0.369 e. The van der Waals surface area contributed by atoms with Gasteiger partial charge < -0.3 is 4.74 Å². The molecule has 0 unspecified atom stereocenters. The third-order valence-electron chi connectivity index (χ3n) is 2.03. The van der Waals surface area contributed by atoms with Crippen LogP contribution in [0.3, 0.4) is 0 Å². The number of hydrogen-bond acceptors (Lipinski definition) is 6. The zero-order valence-electron chi connectivity index (χ0n) is 8.89. The number of hydrogen-bond donors (Lipinski definition) is 2. The summed E-state index contributed by atoms with van der Waals surface area (Å²) in [5, 5.41) is 8.82. The molecule has 1 aromatic heterocycles. The van der Waals surface area contributed by atoms with Crippen molar-refractivity contribution in [3.63, 3.8) is 0 Å². The van der Waals surface area contributed by atoms with Gasteiger partial charge in [0.25, 0.3) is 0 Å². The van der Waals surface area contributed by atoms with Crippen LogP contribution < -0.4 is 11.3 Å². The third kappa shape index (κ3) is 3.19. The molecular formula is C10H11FN4OS. The SMILES string of the molecule is NNc1nnc(COCc2ccccc2F)s1. The minimum absolute atomic E-state index is 0.206. The van der Waals surface area contributed by atoms with E-state index in [1.165, 1.54) is 17.4 Å². The van der Waals surface area contributed by atoms with Gasteiger partial charge in [-0.15, -0.1) is 10.2 Å². The van der Waals surface area contributed by atoms with Crippen LogP contribution in [0.15, 0.2) is 24.3 Å². The van der Waals surface area contributed by atoms with Crippen LogP contribution in [-0.4, -0.2) is 10.2 Å². The second kappa shape index (κ2) is 5.67. The zero-order valence-corrected chi connectivity index (χ0v) is 9.71. The fourth-order valence-electron chi connectivity index (χ4n) is 1.23. The van der Waals surface area contributed by atoms with Gasteiger partial charge in [-0.1, -0.05) is 29.5 Å². The molecule has 1 aromatic carbocycles. The number of nitrogens with one attached hydrogen (secondary N) is 1. The number of anilines is 1. The standard InChI is InChI=1S/C10H11FN4OS/c11-8-4-2-1-3-7(8)5-16-6-9-14-15-10(13-12)17-9/h1-4H,5-6,12H2,(H,13,15). The normalized spacial score (nSPS) is 10.5. The molecule has 0 aliphatic heterocycles. The van der Waals surface area contributed by atoms with Crippen LogP contribution >= 0.6 is 11.3 Å². The molecule has 0 radical (unpaired) electrons. The van der Waals surface area contributed by atoms with E-state index in [9.17, 15) is 4.39 Å². The molecule has 0 aliphatic rings. The Hall–Kier alpha value is -1.57. The topological polar surface area (TPSA) is 73.1 Å². The highest BCUT2D eigenvalue weighted by Gasteiger charge is 2.04. The third-order valence-corrected chi connectivity index (χ3v) is 2.86. The Morgan fingerprint density at radius 1 is 1.29 bits per heavy atom. The first kappa shape index (κ1) is 11.9. The van der Waals surface area contributed by atoms with Crippen molar-refractivity contribution in [3.05, 3.63) is 40.7 Å². The number of hydrazine groups is 1. The van der Waals surface area contributed by atoms with Crippen molar-refractivity contribution < 1.29 is 9.13 Å². The van der Waals surface area contributed by atoms with E-state index < -0.39 is 0 Å². The van der Waals surface area contributed by atoms with E-state index in [2.05, 4.69) is 15.6 Å². The lowest BCUT2D eigenvalue weighted by molar-refractivity contribution is 0.104. The average molecular weight is 254 g/mol. The van der Waals surface area contributed by atoms with Crippen molar-refractivity contribution in [2.45, 2.75) is 13.2 Å².